The van der Waals surface area contributed by atoms with Gasteiger partial charge in [0.25, 0.3) is 11.5 Å². The first-order chi connectivity index (χ1) is 17.9. The fourth-order valence-electron chi connectivity index (χ4n) is 4.67. The van der Waals surface area contributed by atoms with Crippen LogP contribution in [0.25, 0.3) is 22.3 Å². The number of aryl methyl sites for hydroxylation is 1. The molecular formula is C27H29N5O5. The summed E-state index contributed by atoms with van der Waals surface area (Å²) in [7, 11) is 4.60. The number of hydrogen-bond donors (Lipinski definition) is 1. The van der Waals surface area contributed by atoms with Crippen LogP contribution in [-0.4, -0.2) is 64.8 Å². The van der Waals surface area contributed by atoms with Gasteiger partial charge in [-0.05, 0) is 30.3 Å². The molecule has 0 saturated carbocycles. The molecule has 10 nitrogen and oxygen atoms in total. The molecule has 10 heteroatoms. The Hall–Kier alpha value is -4.47. The molecule has 1 N–H and O–H groups in total. The Morgan fingerprint density at radius 2 is 1.68 bits per heavy atom. The maximum Gasteiger partial charge on any atom is 0.331 e. The summed E-state index contributed by atoms with van der Waals surface area (Å²) < 4.78 is 13.9. The highest BCUT2D eigenvalue weighted by Crippen LogP contribution is 2.34. The van der Waals surface area contributed by atoms with Gasteiger partial charge in [-0.1, -0.05) is 18.2 Å². The minimum absolute atomic E-state index is 0.0665. The topological polar surface area (TPSA) is 102 Å². The van der Waals surface area contributed by atoms with Crippen molar-refractivity contribution >= 4 is 22.6 Å². The van der Waals surface area contributed by atoms with Gasteiger partial charge in [0, 0.05) is 57.6 Å². The Kier molecular flexibility index (Phi) is 6.47. The number of H-pyrrole nitrogens is 1. The highest BCUT2D eigenvalue weighted by Gasteiger charge is 2.22. The molecule has 0 unspecified atom stereocenters. The summed E-state index contributed by atoms with van der Waals surface area (Å²) in [5.74, 6) is 0.939. The third-order valence-electron chi connectivity index (χ3n) is 6.83. The molecule has 4 aromatic rings. The van der Waals surface area contributed by atoms with Crippen LogP contribution in [-0.2, 0) is 18.9 Å². The number of amides is 1. The summed E-state index contributed by atoms with van der Waals surface area (Å²) in [5, 5.41) is 0. The van der Waals surface area contributed by atoms with Crippen LogP contribution in [0.15, 0.2) is 64.2 Å². The number of rotatable bonds is 6. The molecule has 1 aliphatic rings. The minimum Gasteiger partial charge on any atom is -0.496 e. The van der Waals surface area contributed by atoms with E-state index in [9.17, 15) is 14.4 Å². The summed E-state index contributed by atoms with van der Waals surface area (Å²) in [6.07, 6.45) is 0. The van der Waals surface area contributed by atoms with Crippen molar-refractivity contribution in [3.8, 4) is 22.8 Å². The molecule has 1 fully saturated rings. The van der Waals surface area contributed by atoms with Crippen molar-refractivity contribution in [2.75, 3.05) is 44.8 Å². The lowest BCUT2D eigenvalue weighted by molar-refractivity contribution is -0.133. The smallest absolute Gasteiger partial charge is 0.331 e. The quantitative estimate of drug-likeness (QED) is 0.432. The number of anilines is 1. The molecule has 192 valence electrons. The average molecular weight is 504 g/mol. The first kappa shape index (κ1) is 24.2. The molecule has 2 aromatic heterocycles. The largest absolute Gasteiger partial charge is 0.496 e. The zero-order valence-corrected chi connectivity index (χ0v) is 21.1. The normalized spacial score (nSPS) is 13.7. The minimum atomic E-state index is -0.398. The molecule has 0 atom stereocenters. The molecule has 3 heterocycles. The van der Waals surface area contributed by atoms with Crippen LogP contribution in [0, 0.1) is 0 Å². The summed E-state index contributed by atoms with van der Waals surface area (Å²) in [4.78, 5) is 44.8. The van der Waals surface area contributed by atoms with Crippen LogP contribution in [0.4, 0.5) is 5.69 Å². The summed E-state index contributed by atoms with van der Waals surface area (Å²) in [6.45, 7) is 2.76. The molecule has 1 aliphatic heterocycles. The third-order valence-corrected chi connectivity index (χ3v) is 6.83. The van der Waals surface area contributed by atoms with Crippen molar-refractivity contribution in [2.24, 2.45) is 14.1 Å². The van der Waals surface area contributed by atoms with Gasteiger partial charge in [-0.15, -0.1) is 0 Å². The van der Waals surface area contributed by atoms with E-state index >= 15 is 0 Å². The number of nitrogens with one attached hydrogen (secondary N) is 1. The van der Waals surface area contributed by atoms with Crippen LogP contribution >= 0.6 is 0 Å². The lowest BCUT2D eigenvalue weighted by Crippen LogP contribution is -2.50. The first-order valence-electron chi connectivity index (χ1n) is 12.0. The summed E-state index contributed by atoms with van der Waals surface area (Å²) in [5.41, 5.74) is 2.53. The molecule has 2 aromatic carbocycles. The van der Waals surface area contributed by atoms with E-state index in [2.05, 4.69) is 22.0 Å². The highest BCUT2D eigenvalue weighted by molar-refractivity contribution is 5.84. The number of carbonyl (C=O) groups excluding carboxylic acids is 1. The van der Waals surface area contributed by atoms with Gasteiger partial charge in [-0.25, -0.2) is 4.79 Å². The van der Waals surface area contributed by atoms with Gasteiger partial charge >= 0.3 is 5.69 Å². The standard InChI is InChI=1S/C27H29N5O5/c1-29-22-16-21(28-25(22)26(34)30(2)27(29)35)20-10-9-19(15-23(20)36-3)37-17-24(33)32-13-11-31(12-14-32)18-7-5-4-6-8-18/h4-10,15-16,28H,11-14,17H2,1-3H3. The zero-order valence-electron chi connectivity index (χ0n) is 21.1. The Morgan fingerprint density at radius 1 is 0.946 bits per heavy atom. The summed E-state index contributed by atoms with van der Waals surface area (Å²) >= 11 is 0. The van der Waals surface area contributed by atoms with Crippen LogP contribution in [0.1, 0.15) is 0 Å². The van der Waals surface area contributed by atoms with Crippen molar-refractivity contribution < 1.29 is 14.3 Å². The predicted molar refractivity (Wildman–Crippen MR) is 141 cm³/mol. The monoisotopic (exact) mass is 503 g/mol. The van der Waals surface area contributed by atoms with E-state index in [4.69, 9.17) is 9.47 Å². The van der Waals surface area contributed by atoms with E-state index < -0.39 is 11.2 Å². The maximum atomic E-state index is 12.8. The number of aromatic amines is 1. The molecule has 0 spiro atoms. The van der Waals surface area contributed by atoms with E-state index in [-0.39, 0.29) is 12.5 Å². The molecule has 0 bridgehead atoms. The Labute approximate surface area is 213 Å². The van der Waals surface area contributed by atoms with Crippen molar-refractivity contribution in [3.05, 3.63) is 75.4 Å². The molecule has 0 radical (unpaired) electrons. The number of piperazine rings is 1. The maximum absolute atomic E-state index is 12.8. The number of nitrogens with zero attached hydrogens (tertiary/aromatic N) is 4. The Morgan fingerprint density at radius 3 is 2.38 bits per heavy atom. The van der Waals surface area contributed by atoms with Gasteiger partial charge in [-0.3, -0.25) is 18.7 Å². The molecule has 1 amide bonds. The lowest BCUT2D eigenvalue weighted by Gasteiger charge is -2.36. The molecule has 1 saturated heterocycles. The zero-order chi connectivity index (χ0) is 26.1. The van der Waals surface area contributed by atoms with Crippen LogP contribution in [0.5, 0.6) is 11.5 Å². The fraction of sp³-hybridized carbons (Fsp3) is 0.296. The third kappa shape index (κ3) is 4.57. The van der Waals surface area contributed by atoms with Crippen molar-refractivity contribution in [1.29, 1.82) is 0 Å². The predicted octanol–water partition coefficient (Wildman–Crippen LogP) is 1.97. The molecular weight excluding hydrogens is 474 g/mol. The van der Waals surface area contributed by atoms with Gasteiger partial charge in [0.05, 0.1) is 18.3 Å². The molecule has 37 heavy (non-hydrogen) atoms. The lowest BCUT2D eigenvalue weighted by atomic mass is 10.1. The number of fused-ring (bicyclic) bond motifs is 1. The van der Waals surface area contributed by atoms with E-state index in [1.54, 1.807) is 31.3 Å². The van der Waals surface area contributed by atoms with Crippen LogP contribution < -0.4 is 25.6 Å². The van der Waals surface area contributed by atoms with Gasteiger partial charge in [0.2, 0.25) is 0 Å². The SMILES string of the molecule is COc1cc(OCC(=O)N2CCN(c3ccccc3)CC2)ccc1-c1cc2c([nH]1)c(=O)n(C)c(=O)n2C. The van der Waals surface area contributed by atoms with E-state index in [0.29, 0.717) is 46.9 Å². The molecule has 5 rings (SSSR count). The number of benzene rings is 2. The van der Waals surface area contributed by atoms with Gasteiger partial charge < -0.3 is 24.3 Å². The Balaban J connectivity index is 1.27. The number of methoxy groups -OCH3 is 1. The van der Waals surface area contributed by atoms with Crippen molar-refractivity contribution in [1.82, 2.24) is 19.0 Å². The van der Waals surface area contributed by atoms with Crippen LogP contribution in [0.2, 0.25) is 0 Å². The van der Waals surface area contributed by atoms with E-state index in [0.717, 1.165) is 23.3 Å². The average Bonchev–Trinajstić information content (AvgIpc) is 3.39. The second-order valence-corrected chi connectivity index (χ2v) is 9.00. The van der Waals surface area contributed by atoms with Crippen LogP contribution in [0.3, 0.4) is 0 Å². The van der Waals surface area contributed by atoms with Gasteiger partial charge in [-0.2, -0.15) is 0 Å². The second-order valence-electron chi connectivity index (χ2n) is 9.00. The van der Waals surface area contributed by atoms with E-state index in [1.165, 1.54) is 18.7 Å². The highest BCUT2D eigenvalue weighted by atomic mass is 16.5. The van der Waals surface area contributed by atoms with Gasteiger partial charge in [0.15, 0.2) is 6.61 Å². The fourth-order valence-corrected chi connectivity index (χ4v) is 4.67. The molecule has 0 aliphatic carbocycles. The number of aromatic nitrogens is 3. The number of ether oxygens (including phenoxy) is 2. The summed E-state index contributed by atoms with van der Waals surface area (Å²) in [6, 6.07) is 17.2. The number of para-hydroxylation sites is 1. The first-order valence-corrected chi connectivity index (χ1v) is 12.0. The second kappa shape index (κ2) is 9.88. The van der Waals surface area contributed by atoms with Gasteiger partial charge in [0.1, 0.15) is 17.0 Å². The van der Waals surface area contributed by atoms with Crippen molar-refractivity contribution in [3.63, 3.8) is 0 Å². The number of carbonyl (C=O) groups is 1. The Bertz CT molecular complexity index is 1560. The van der Waals surface area contributed by atoms with E-state index in [1.807, 2.05) is 23.1 Å². The number of hydrogen-bond acceptors (Lipinski definition) is 6. The van der Waals surface area contributed by atoms with Crippen molar-refractivity contribution in [2.45, 2.75) is 0 Å².